The third-order valence-electron chi connectivity index (χ3n) is 7.79. The van der Waals surface area contributed by atoms with Crippen LogP contribution in [0, 0.1) is 6.92 Å². The Morgan fingerprint density at radius 2 is 1.93 bits per heavy atom. The topological polar surface area (TPSA) is 134 Å². The second-order valence-electron chi connectivity index (χ2n) is 11.8. The Bertz CT molecular complexity index is 1780. The maximum absolute atomic E-state index is 12.8. The number of aromatic nitrogens is 5. The number of aromatic amines is 1. The van der Waals surface area contributed by atoms with Crippen molar-refractivity contribution in [1.82, 2.24) is 35.7 Å². The zero-order valence-electron chi connectivity index (χ0n) is 24.8. The third-order valence-corrected chi connectivity index (χ3v) is 7.79. The zero-order valence-corrected chi connectivity index (χ0v) is 24.8. The van der Waals surface area contributed by atoms with Gasteiger partial charge in [-0.2, -0.15) is 4.98 Å². The van der Waals surface area contributed by atoms with Crippen LogP contribution in [0.3, 0.4) is 0 Å². The lowest BCUT2D eigenvalue weighted by Gasteiger charge is -2.30. The average molecular weight is 569 g/mol. The molecule has 0 aliphatic carbocycles. The first-order chi connectivity index (χ1) is 20.1. The van der Waals surface area contributed by atoms with Crippen molar-refractivity contribution < 1.29 is 14.1 Å². The minimum Gasteiger partial charge on any atom is -0.495 e. The van der Waals surface area contributed by atoms with Crippen LogP contribution in [0.4, 0.5) is 5.69 Å². The molecular weight excluding hydrogens is 532 g/mol. The molecule has 218 valence electrons. The summed E-state index contributed by atoms with van der Waals surface area (Å²) in [7, 11) is 1.71. The molecule has 11 nitrogen and oxygen atoms in total. The number of piperazine rings is 1. The first-order valence-corrected chi connectivity index (χ1v) is 14.2. The molecule has 0 spiro atoms. The summed E-state index contributed by atoms with van der Waals surface area (Å²) >= 11 is 0. The van der Waals surface area contributed by atoms with Gasteiger partial charge in [0, 0.05) is 42.5 Å². The number of fused-ring (bicyclic) bond motifs is 3. The number of hydrogen-bond acceptors (Lipinski definition) is 9. The quantitative estimate of drug-likeness (QED) is 0.267. The predicted molar refractivity (Wildman–Crippen MR) is 162 cm³/mol. The highest BCUT2D eigenvalue weighted by molar-refractivity contribution is 6.13. The van der Waals surface area contributed by atoms with E-state index in [1.165, 1.54) is 0 Å². The molecule has 3 N–H and O–H groups in total. The van der Waals surface area contributed by atoms with Crippen LogP contribution >= 0.6 is 0 Å². The lowest BCUT2D eigenvalue weighted by Crippen LogP contribution is -2.43. The van der Waals surface area contributed by atoms with Gasteiger partial charge in [0.15, 0.2) is 5.82 Å². The number of hydrogen-bond donors (Lipinski definition) is 3. The van der Waals surface area contributed by atoms with Gasteiger partial charge < -0.3 is 29.8 Å². The van der Waals surface area contributed by atoms with E-state index in [0.29, 0.717) is 5.82 Å². The van der Waals surface area contributed by atoms with Crippen molar-refractivity contribution in [3.63, 3.8) is 0 Å². The number of H-pyrrole nitrogens is 1. The van der Waals surface area contributed by atoms with Crippen molar-refractivity contribution in [2.75, 3.05) is 38.2 Å². The third kappa shape index (κ3) is 5.04. The highest BCUT2D eigenvalue weighted by Crippen LogP contribution is 2.39. The maximum atomic E-state index is 12.8. The first-order valence-electron chi connectivity index (χ1n) is 14.2. The number of amides is 1. The number of nitrogens with zero attached hydrogens (tertiary/aromatic N) is 5. The molecule has 1 atom stereocenters. The number of ether oxygens (including phenoxy) is 1. The monoisotopic (exact) mass is 568 g/mol. The van der Waals surface area contributed by atoms with Crippen LogP contribution in [-0.4, -0.2) is 64.3 Å². The van der Waals surface area contributed by atoms with Crippen molar-refractivity contribution >= 4 is 33.5 Å². The molecule has 0 bridgehead atoms. The lowest BCUT2D eigenvalue weighted by atomic mass is 9.96. The van der Waals surface area contributed by atoms with Gasteiger partial charge >= 0.3 is 11.8 Å². The van der Waals surface area contributed by atoms with Crippen molar-refractivity contribution in [3.05, 3.63) is 59.5 Å². The van der Waals surface area contributed by atoms with Crippen LogP contribution in [0.15, 0.2) is 41.2 Å². The fraction of sp³-hybridized carbons (Fsp3) is 0.387. The Labute approximate surface area is 244 Å². The molecule has 5 aromatic rings. The van der Waals surface area contributed by atoms with Gasteiger partial charge in [-0.25, -0.2) is 9.97 Å². The molecule has 1 aliphatic rings. The van der Waals surface area contributed by atoms with Gasteiger partial charge in [-0.05, 0) is 43.2 Å². The summed E-state index contributed by atoms with van der Waals surface area (Å²) < 4.78 is 11.1. The summed E-state index contributed by atoms with van der Waals surface area (Å²) in [5.41, 5.74) is 6.30. The molecule has 42 heavy (non-hydrogen) atoms. The molecule has 3 aromatic heterocycles. The zero-order chi connectivity index (χ0) is 29.6. The number of benzene rings is 2. The molecule has 1 aliphatic heterocycles. The van der Waals surface area contributed by atoms with E-state index in [4.69, 9.17) is 14.2 Å². The summed E-state index contributed by atoms with van der Waals surface area (Å²) in [6.45, 7) is 13.6. The largest absolute Gasteiger partial charge is 0.495 e. The fourth-order valence-electron chi connectivity index (χ4n) is 5.54. The van der Waals surface area contributed by atoms with Gasteiger partial charge in [-0.1, -0.05) is 38.1 Å². The van der Waals surface area contributed by atoms with Crippen LogP contribution in [0.25, 0.3) is 33.2 Å². The molecule has 0 unspecified atom stereocenters. The normalized spacial score (nSPS) is 14.9. The number of nitrogens with one attached hydrogen (secondary N) is 3. The summed E-state index contributed by atoms with van der Waals surface area (Å²) in [4.78, 5) is 32.2. The molecule has 11 heteroatoms. The molecular formula is C31H36N8O3. The summed E-state index contributed by atoms with van der Waals surface area (Å²) in [5.74, 6) is 0.873. The fourth-order valence-corrected chi connectivity index (χ4v) is 5.54. The summed E-state index contributed by atoms with van der Waals surface area (Å²) in [5, 5.41) is 12.3. The van der Waals surface area contributed by atoms with Gasteiger partial charge in [-0.15, -0.1) is 0 Å². The number of rotatable bonds is 6. The predicted octanol–water partition coefficient (Wildman–Crippen LogP) is 4.68. The molecule has 0 radical (unpaired) electrons. The van der Waals surface area contributed by atoms with E-state index in [2.05, 4.69) is 53.8 Å². The van der Waals surface area contributed by atoms with Crippen molar-refractivity contribution in [2.45, 2.75) is 46.1 Å². The molecule has 1 saturated heterocycles. The van der Waals surface area contributed by atoms with E-state index in [0.717, 1.165) is 81.9 Å². The van der Waals surface area contributed by atoms with Gasteiger partial charge in [-0.3, -0.25) is 4.79 Å². The average Bonchev–Trinajstić information content (AvgIpc) is 3.62. The number of anilines is 1. The van der Waals surface area contributed by atoms with Crippen LogP contribution in [0.2, 0.25) is 0 Å². The Kier molecular flexibility index (Phi) is 7.05. The van der Waals surface area contributed by atoms with E-state index < -0.39 is 5.91 Å². The van der Waals surface area contributed by atoms with E-state index in [1.807, 2.05) is 46.8 Å². The van der Waals surface area contributed by atoms with Crippen LogP contribution in [-0.2, 0) is 5.41 Å². The molecule has 2 aromatic carbocycles. The Morgan fingerprint density at radius 1 is 1.14 bits per heavy atom. The lowest BCUT2D eigenvalue weighted by molar-refractivity contribution is 0.0895. The maximum Gasteiger partial charge on any atom is 0.315 e. The SMILES string of the molecule is COc1cc2c(cc1N1CCNCC1)[nH]c1ncnc(-c3ccc([C@@H](C)NC(=O)c4nc(C(C)(C)C)no4)c(C)c3)c12. The standard InChI is InChI=1S/C31H36N8O3/c1-17-13-19(7-8-20(17)18(2)35-28(40)29-37-30(38-42-29)31(3,4)5)26-25-21-14-24(41-6)23(39-11-9-32-10-12-39)15-22(21)36-27(25)34-16-33-26/h7-8,13-16,18,32H,9-12H2,1-6H3,(H,35,40)(H,33,34,36)/t18-/m1/s1. The van der Waals surface area contributed by atoms with E-state index in [-0.39, 0.29) is 17.3 Å². The Morgan fingerprint density at radius 3 is 2.62 bits per heavy atom. The second-order valence-corrected chi connectivity index (χ2v) is 11.8. The number of carbonyl (C=O) groups is 1. The van der Waals surface area contributed by atoms with Crippen molar-refractivity contribution in [3.8, 4) is 17.0 Å². The van der Waals surface area contributed by atoms with Gasteiger partial charge in [0.05, 0.1) is 35.4 Å². The van der Waals surface area contributed by atoms with E-state index in [1.54, 1.807) is 13.4 Å². The Hall–Kier alpha value is -4.51. The van der Waals surface area contributed by atoms with Crippen LogP contribution < -0.4 is 20.3 Å². The van der Waals surface area contributed by atoms with Gasteiger partial charge in [0.2, 0.25) is 0 Å². The molecule has 6 rings (SSSR count). The highest BCUT2D eigenvalue weighted by atomic mass is 16.5. The van der Waals surface area contributed by atoms with Gasteiger partial charge in [0.1, 0.15) is 17.7 Å². The molecule has 0 saturated carbocycles. The van der Waals surface area contributed by atoms with E-state index >= 15 is 0 Å². The minimum atomic E-state index is -0.403. The number of methoxy groups -OCH3 is 1. The van der Waals surface area contributed by atoms with Crippen molar-refractivity contribution in [1.29, 1.82) is 0 Å². The van der Waals surface area contributed by atoms with E-state index in [9.17, 15) is 4.79 Å². The smallest absolute Gasteiger partial charge is 0.315 e. The number of carbonyl (C=O) groups excluding carboxylic acids is 1. The summed E-state index contributed by atoms with van der Waals surface area (Å²) in [6.07, 6.45) is 1.59. The minimum absolute atomic E-state index is 0.0423. The first kappa shape index (κ1) is 27.6. The molecule has 1 fully saturated rings. The highest BCUT2D eigenvalue weighted by Gasteiger charge is 2.25. The second kappa shape index (κ2) is 10.7. The molecule has 1 amide bonds. The van der Waals surface area contributed by atoms with Crippen molar-refractivity contribution in [2.24, 2.45) is 0 Å². The van der Waals surface area contributed by atoms with Crippen LogP contribution in [0.5, 0.6) is 5.75 Å². The van der Waals surface area contributed by atoms with Gasteiger partial charge in [0.25, 0.3) is 0 Å². The molecule has 4 heterocycles. The number of aryl methyl sites for hydroxylation is 1. The van der Waals surface area contributed by atoms with Crippen LogP contribution in [0.1, 0.15) is 61.4 Å². The Balaban J connectivity index is 1.31. The summed E-state index contributed by atoms with van der Waals surface area (Å²) in [6, 6.07) is 10.1.